The number of nitrogens with one attached hydrogen (secondary N) is 1. The second-order valence-corrected chi connectivity index (χ2v) is 6.43. The van der Waals surface area contributed by atoms with Crippen LogP contribution >= 0.6 is 0 Å². The average Bonchev–Trinajstić information content (AvgIpc) is 2.92. The fourth-order valence-electron chi connectivity index (χ4n) is 1.70. The minimum absolute atomic E-state index is 0.125. The summed E-state index contributed by atoms with van der Waals surface area (Å²) in [7, 11) is -3.11. The van der Waals surface area contributed by atoms with E-state index in [0.29, 0.717) is 4.90 Å². The van der Waals surface area contributed by atoms with Crippen LogP contribution in [-0.4, -0.2) is 30.3 Å². The summed E-state index contributed by atoms with van der Waals surface area (Å²) in [6, 6.07) is 6.85. The van der Waals surface area contributed by atoms with Gasteiger partial charge in [-0.3, -0.25) is 0 Å². The Bertz CT molecular complexity index is 604. The summed E-state index contributed by atoms with van der Waals surface area (Å²) in [6.45, 7) is 3.22. The zero-order valence-electron chi connectivity index (χ0n) is 10.8. The molecular formula is C13H17N3O2S. The number of hydrogen-bond donors (Lipinski definition) is 1. The van der Waals surface area contributed by atoms with Crippen LogP contribution in [0.25, 0.3) is 0 Å². The van der Waals surface area contributed by atoms with Crippen molar-refractivity contribution in [2.24, 2.45) is 0 Å². The molecule has 2 rings (SSSR count). The van der Waals surface area contributed by atoms with Crippen molar-refractivity contribution in [2.45, 2.75) is 18.4 Å². The molecule has 1 N–H and O–H groups in total. The molecule has 0 amide bonds. The Morgan fingerprint density at radius 3 is 2.58 bits per heavy atom. The Morgan fingerprint density at radius 2 is 2.00 bits per heavy atom. The molecule has 1 aromatic carbocycles. The first kappa shape index (κ1) is 13.6. The van der Waals surface area contributed by atoms with Gasteiger partial charge >= 0.3 is 0 Å². The van der Waals surface area contributed by atoms with Crippen LogP contribution in [0, 0.1) is 0 Å². The van der Waals surface area contributed by atoms with Crippen LogP contribution in [0.4, 0.5) is 5.69 Å². The maximum absolute atomic E-state index is 11.7. The van der Waals surface area contributed by atoms with Crippen LogP contribution in [-0.2, 0) is 16.4 Å². The number of rotatable bonds is 6. The lowest BCUT2D eigenvalue weighted by Gasteiger charge is -2.08. The minimum Gasteiger partial charge on any atom is -0.383 e. The molecule has 0 aliphatic carbocycles. The first-order valence-corrected chi connectivity index (χ1v) is 7.79. The SMILES string of the molecule is CCS(=O)(=O)c1ccc(NCCn2ccnc2)cc1. The fraction of sp³-hybridized carbons (Fsp3) is 0.308. The van der Waals surface area contributed by atoms with Crippen molar-refractivity contribution in [2.75, 3.05) is 17.6 Å². The topological polar surface area (TPSA) is 64.0 Å². The molecule has 0 atom stereocenters. The molecular weight excluding hydrogens is 262 g/mol. The van der Waals surface area contributed by atoms with Crippen molar-refractivity contribution in [1.82, 2.24) is 9.55 Å². The van der Waals surface area contributed by atoms with Gasteiger partial charge in [0.05, 0.1) is 17.0 Å². The second-order valence-electron chi connectivity index (χ2n) is 4.16. The van der Waals surface area contributed by atoms with Gasteiger partial charge in [-0.15, -0.1) is 0 Å². The van der Waals surface area contributed by atoms with Crippen molar-refractivity contribution >= 4 is 15.5 Å². The number of nitrogens with zero attached hydrogens (tertiary/aromatic N) is 2. The van der Waals surface area contributed by atoms with Gasteiger partial charge in [-0.1, -0.05) is 6.92 Å². The van der Waals surface area contributed by atoms with Crippen LogP contribution in [0.1, 0.15) is 6.92 Å². The standard InChI is InChI=1S/C13H17N3O2S/c1-2-19(17,18)13-5-3-12(4-6-13)15-8-10-16-9-7-14-11-16/h3-7,9,11,15H,2,8,10H2,1H3. The third-order valence-electron chi connectivity index (χ3n) is 2.85. The number of aromatic nitrogens is 2. The largest absolute Gasteiger partial charge is 0.383 e. The van der Waals surface area contributed by atoms with Gasteiger partial charge in [0.25, 0.3) is 0 Å². The third-order valence-corrected chi connectivity index (χ3v) is 4.60. The molecule has 19 heavy (non-hydrogen) atoms. The zero-order valence-corrected chi connectivity index (χ0v) is 11.6. The lowest BCUT2D eigenvalue weighted by atomic mass is 10.3. The van der Waals surface area contributed by atoms with E-state index in [-0.39, 0.29) is 5.75 Å². The molecule has 5 nitrogen and oxygen atoms in total. The molecule has 0 aliphatic rings. The Morgan fingerprint density at radius 1 is 1.26 bits per heavy atom. The van der Waals surface area contributed by atoms with Crippen molar-refractivity contribution in [3.05, 3.63) is 43.0 Å². The van der Waals surface area contributed by atoms with Gasteiger partial charge in [0.2, 0.25) is 0 Å². The predicted octanol–water partition coefficient (Wildman–Crippen LogP) is 1.79. The van der Waals surface area contributed by atoms with E-state index in [1.165, 1.54) is 0 Å². The summed E-state index contributed by atoms with van der Waals surface area (Å²) in [4.78, 5) is 4.33. The van der Waals surface area contributed by atoms with Gasteiger partial charge in [0.15, 0.2) is 9.84 Å². The molecule has 0 saturated carbocycles. The van der Waals surface area contributed by atoms with Crippen molar-refractivity contribution in [3.8, 4) is 0 Å². The average molecular weight is 279 g/mol. The summed E-state index contributed by atoms with van der Waals surface area (Å²) in [5.74, 6) is 0.125. The first-order valence-electron chi connectivity index (χ1n) is 6.14. The highest BCUT2D eigenvalue weighted by atomic mass is 32.2. The number of sulfone groups is 1. The maximum atomic E-state index is 11.7. The van der Waals surface area contributed by atoms with Gasteiger partial charge in [0.1, 0.15) is 0 Å². The van der Waals surface area contributed by atoms with Crippen LogP contribution < -0.4 is 5.32 Å². The Balaban J connectivity index is 1.92. The van der Waals surface area contributed by atoms with E-state index < -0.39 is 9.84 Å². The summed E-state index contributed by atoms with van der Waals surface area (Å²) >= 11 is 0. The van der Waals surface area contributed by atoms with E-state index in [1.54, 1.807) is 43.7 Å². The van der Waals surface area contributed by atoms with E-state index in [0.717, 1.165) is 18.8 Å². The number of imidazole rings is 1. The van der Waals surface area contributed by atoms with Crippen LogP contribution in [0.15, 0.2) is 47.9 Å². The Labute approximate surface area is 113 Å². The molecule has 102 valence electrons. The van der Waals surface area contributed by atoms with Gasteiger partial charge in [-0.05, 0) is 24.3 Å². The molecule has 0 fully saturated rings. The Kier molecular flexibility index (Phi) is 4.21. The molecule has 6 heteroatoms. The van der Waals surface area contributed by atoms with Crippen LogP contribution in [0.2, 0.25) is 0 Å². The lowest BCUT2D eigenvalue weighted by Crippen LogP contribution is -2.09. The van der Waals surface area contributed by atoms with Gasteiger partial charge in [-0.25, -0.2) is 13.4 Å². The minimum atomic E-state index is -3.11. The number of anilines is 1. The number of hydrogen-bond acceptors (Lipinski definition) is 4. The molecule has 1 heterocycles. The molecule has 2 aromatic rings. The highest BCUT2D eigenvalue weighted by molar-refractivity contribution is 7.91. The fourth-order valence-corrected chi connectivity index (χ4v) is 2.58. The van der Waals surface area contributed by atoms with Gasteiger partial charge < -0.3 is 9.88 Å². The predicted molar refractivity (Wildman–Crippen MR) is 74.9 cm³/mol. The highest BCUT2D eigenvalue weighted by Crippen LogP contribution is 2.15. The molecule has 0 spiro atoms. The summed E-state index contributed by atoms with van der Waals surface area (Å²) in [5.41, 5.74) is 0.912. The smallest absolute Gasteiger partial charge is 0.178 e. The molecule has 0 aliphatic heterocycles. The van der Waals surface area contributed by atoms with E-state index >= 15 is 0 Å². The van der Waals surface area contributed by atoms with E-state index in [2.05, 4.69) is 10.3 Å². The van der Waals surface area contributed by atoms with Crippen molar-refractivity contribution in [1.29, 1.82) is 0 Å². The lowest BCUT2D eigenvalue weighted by molar-refractivity contribution is 0.597. The molecule has 0 bridgehead atoms. The molecule has 0 unspecified atom stereocenters. The Hall–Kier alpha value is -1.82. The van der Waals surface area contributed by atoms with E-state index in [9.17, 15) is 8.42 Å². The first-order chi connectivity index (χ1) is 9.12. The van der Waals surface area contributed by atoms with Gasteiger partial charge in [-0.2, -0.15) is 0 Å². The summed E-state index contributed by atoms with van der Waals surface area (Å²) < 4.78 is 25.3. The zero-order chi connectivity index (χ0) is 13.7. The van der Waals surface area contributed by atoms with E-state index in [4.69, 9.17) is 0 Å². The number of benzene rings is 1. The third kappa shape index (κ3) is 3.57. The normalized spacial score (nSPS) is 11.4. The molecule has 0 saturated heterocycles. The summed E-state index contributed by atoms with van der Waals surface area (Å²) in [6.07, 6.45) is 5.40. The highest BCUT2D eigenvalue weighted by Gasteiger charge is 2.10. The summed E-state index contributed by atoms with van der Waals surface area (Å²) in [5, 5.41) is 3.24. The monoisotopic (exact) mass is 279 g/mol. The van der Waals surface area contributed by atoms with Crippen molar-refractivity contribution < 1.29 is 8.42 Å². The quantitative estimate of drug-likeness (QED) is 0.875. The maximum Gasteiger partial charge on any atom is 0.178 e. The van der Waals surface area contributed by atoms with Crippen LogP contribution in [0.5, 0.6) is 0 Å². The van der Waals surface area contributed by atoms with E-state index in [1.807, 2.05) is 10.8 Å². The second kappa shape index (κ2) is 5.88. The van der Waals surface area contributed by atoms with Gasteiger partial charge in [0, 0.05) is 31.2 Å². The molecule has 1 aromatic heterocycles. The molecule has 0 radical (unpaired) electrons. The van der Waals surface area contributed by atoms with Crippen molar-refractivity contribution in [3.63, 3.8) is 0 Å². The van der Waals surface area contributed by atoms with Crippen LogP contribution in [0.3, 0.4) is 0 Å².